The van der Waals surface area contributed by atoms with E-state index in [1.165, 1.54) is 0 Å². The van der Waals surface area contributed by atoms with Gasteiger partial charge in [-0.2, -0.15) is 0 Å². The zero-order valence-corrected chi connectivity index (χ0v) is 11.8. The van der Waals surface area contributed by atoms with E-state index in [9.17, 15) is 0 Å². The van der Waals surface area contributed by atoms with Gasteiger partial charge in [-0.15, -0.1) is 0 Å². The van der Waals surface area contributed by atoms with Crippen molar-refractivity contribution in [2.24, 2.45) is 5.73 Å². The Morgan fingerprint density at radius 3 is 2.50 bits per heavy atom. The average molecular weight is 264 g/mol. The van der Waals surface area contributed by atoms with Crippen molar-refractivity contribution in [3.63, 3.8) is 0 Å². The van der Waals surface area contributed by atoms with Gasteiger partial charge in [0.15, 0.2) is 0 Å². The summed E-state index contributed by atoms with van der Waals surface area (Å²) >= 11 is 0. The summed E-state index contributed by atoms with van der Waals surface area (Å²) in [6, 6.07) is 0. The normalized spacial score (nSPS) is 11.8. The predicted octanol–water partition coefficient (Wildman–Crippen LogP) is -1.97. The molecule has 0 saturated carbocycles. The number of nitrogens with two attached hydrogens (primary N) is 2. The molecule has 0 aromatic rings. The van der Waals surface area contributed by atoms with Gasteiger partial charge in [-0.25, -0.2) is 0 Å². The largest absolute Gasteiger partial charge is 0.316 e. The summed E-state index contributed by atoms with van der Waals surface area (Å²) < 4.78 is 0. The molecule has 0 fully saturated rings. The van der Waals surface area contributed by atoms with Crippen molar-refractivity contribution in [3.8, 4) is 0 Å². The summed E-state index contributed by atoms with van der Waals surface area (Å²) in [5.74, 6) is 3.01. The monoisotopic (exact) mass is 264 g/mol. The van der Waals surface area contributed by atoms with Gasteiger partial charge in [0.25, 0.3) is 0 Å². The van der Waals surface area contributed by atoms with Gasteiger partial charge < -0.3 is 5.32 Å². The molecule has 0 atom stereocenters. The lowest BCUT2D eigenvalue weighted by Crippen LogP contribution is -2.77. The average Bonchev–Trinajstić information content (AvgIpc) is 2.23. The molecule has 0 aliphatic heterocycles. The van der Waals surface area contributed by atoms with E-state index < -0.39 is 0 Å². The van der Waals surface area contributed by atoms with Crippen LogP contribution in [0.5, 0.6) is 0 Å². The fourth-order valence-electron chi connectivity index (χ4n) is 0.909. The van der Waals surface area contributed by atoms with Crippen LogP contribution < -0.4 is 21.5 Å². The van der Waals surface area contributed by atoms with Crippen molar-refractivity contribution in [1.82, 2.24) is 5.32 Å². The maximum absolute atomic E-state index is 5.81. The van der Waals surface area contributed by atoms with E-state index in [1.54, 1.807) is 0 Å². The maximum Gasteiger partial charge on any atom is 0.241 e. The molecule has 0 aliphatic rings. The van der Waals surface area contributed by atoms with Crippen LogP contribution in [0.2, 0.25) is 0 Å². The summed E-state index contributed by atoms with van der Waals surface area (Å²) in [4.78, 5) is 3.18. The van der Waals surface area contributed by atoms with Crippen LogP contribution in [0.25, 0.3) is 0 Å². The van der Waals surface area contributed by atoms with Gasteiger partial charge in [-0.3, -0.25) is 16.1 Å². The van der Waals surface area contributed by atoms with Crippen LogP contribution in [-0.2, 0) is 0 Å². The zero-order chi connectivity index (χ0) is 12.2. The van der Waals surface area contributed by atoms with Crippen LogP contribution >= 0.6 is 21.6 Å². The lowest BCUT2D eigenvalue weighted by Gasteiger charge is -1.98. The van der Waals surface area contributed by atoms with Crippen LogP contribution in [0.3, 0.4) is 0 Å². The highest BCUT2D eigenvalue weighted by Crippen LogP contribution is 2.22. The summed E-state index contributed by atoms with van der Waals surface area (Å²) in [6.07, 6.45) is 1.92. The van der Waals surface area contributed by atoms with E-state index >= 15 is 0 Å². The quantitative estimate of drug-likeness (QED) is 0.160. The summed E-state index contributed by atoms with van der Waals surface area (Å²) in [5, 5.41) is 8.64. The first kappa shape index (κ1) is 15.8. The van der Waals surface area contributed by atoms with Crippen LogP contribution in [-0.4, -0.2) is 43.2 Å². The van der Waals surface area contributed by atoms with Crippen LogP contribution in [0.1, 0.15) is 19.8 Å². The fraction of sp³-hybridized carbons (Fsp3) is 0.800. The van der Waals surface area contributed by atoms with Crippen molar-refractivity contribution in [3.05, 3.63) is 0 Å². The summed E-state index contributed by atoms with van der Waals surface area (Å²) in [5.41, 5.74) is 6.82. The first-order chi connectivity index (χ1) is 7.66. The Bertz CT molecular complexity index is 219. The van der Waals surface area contributed by atoms with Gasteiger partial charge in [-0.05, 0) is 7.05 Å². The molecular weight excluding hydrogens is 240 g/mol. The van der Waals surface area contributed by atoms with Crippen molar-refractivity contribution in [2.45, 2.75) is 19.8 Å². The molecule has 6 heteroatoms. The Balaban J connectivity index is 3.30. The highest BCUT2D eigenvalue weighted by molar-refractivity contribution is 8.76. The predicted molar refractivity (Wildman–Crippen MR) is 75.7 cm³/mol. The van der Waals surface area contributed by atoms with Gasteiger partial charge in [0.2, 0.25) is 5.84 Å². The van der Waals surface area contributed by atoms with Crippen molar-refractivity contribution in [2.75, 3.05) is 31.6 Å². The van der Waals surface area contributed by atoms with Gasteiger partial charge in [0, 0.05) is 31.4 Å². The molecule has 0 spiro atoms. The Hall–Kier alpha value is -0.200. The van der Waals surface area contributed by atoms with E-state index in [0.29, 0.717) is 0 Å². The van der Waals surface area contributed by atoms with E-state index in [0.717, 1.165) is 49.0 Å². The third-order valence-electron chi connectivity index (χ3n) is 1.84. The molecule has 16 heavy (non-hydrogen) atoms. The smallest absolute Gasteiger partial charge is 0.241 e. The first-order valence-corrected chi connectivity index (χ1v) is 7.97. The fourth-order valence-corrected chi connectivity index (χ4v) is 3.06. The summed E-state index contributed by atoms with van der Waals surface area (Å²) in [6.45, 7) is 3.79. The number of amidine groups is 1. The molecule has 0 aromatic carbocycles. The second-order valence-corrected chi connectivity index (χ2v) is 6.25. The maximum atomic E-state index is 5.81. The molecule has 94 valence electrons. The number of nitrogens with one attached hydrogen (secondary N) is 2. The van der Waals surface area contributed by atoms with Crippen molar-refractivity contribution < 1.29 is 10.4 Å². The SMILES string of the molecule is CNCC[NH+]=C(N)CCSSCCC(C)=[NH2+]. The molecule has 4 nitrogen and oxygen atoms in total. The molecule has 0 rings (SSSR count). The topological polar surface area (TPSA) is 77.6 Å². The second kappa shape index (κ2) is 11.3. The number of likely N-dealkylation sites (N-methyl/N-ethyl adjacent to an activating group) is 1. The molecule has 0 bridgehead atoms. The van der Waals surface area contributed by atoms with Crippen LogP contribution in [0.15, 0.2) is 0 Å². The highest BCUT2D eigenvalue weighted by atomic mass is 33.1. The minimum absolute atomic E-state index is 0.880. The Kier molecular flexibility index (Phi) is 11.1. The molecule has 0 aromatic heterocycles. The third-order valence-corrected chi connectivity index (χ3v) is 4.25. The Labute approximate surface area is 106 Å². The molecule has 0 aliphatic carbocycles. The Morgan fingerprint density at radius 1 is 1.31 bits per heavy atom. The molecule has 6 N–H and O–H groups in total. The van der Waals surface area contributed by atoms with Gasteiger partial charge in [0.1, 0.15) is 5.71 Å². The van der Waals surface area contributed by atoms with E-state index in [1.807, 2.05) is 35.6 Å². The van der Waals surface area contributed by atoms with E-state index in [4.69, 9.17) is 11.1 Å². The molecule has 0 heterocycles. The minimum Gasteiger partial charge on any atom is -0.316 e. The number of rotatable bonds is 10. The first-order valence-electron chi connectivity index (χ1n) is 5.49. The van der Waals surface area contributed by atoms with E-state index in [-0.39, 0.29) is 0 Å². The molecule has 0 radical (unpaired) electrons. The molecule has 0 amide bonds. The Morgan fingerprint density at radius 2 is 1.94 bits per heavy atom. The molecule has 0 unspecified atom stereocenters. The lowest BCUT2D eigenvalue weighted by atomic mass is 10.3. The zero-order valence-electron chi connectivity index (χ0n) is 10.2. The lowest BCUT2D eigenvalue weighted by molar-refractivity contribution is -0.457. The molecular formula is C10H24N4S2+2. The van der Waals surface area contributed by atoms with Gasteiger partial charge in [0.05, 0.1) is 13.0 Å². The highest BCUT2D eigenvalue weighted by Gasteiger charge is 2.00. The molecule has 0 saturated heterocycles. The number of hydrogen-bond donors (Lipinski definition) is 4. The van der Waals surface area contributed by atoms with E-state index in [2.05, 4.69) is 10.3 Å². The van der Waals surface area contributed by atoms with Gasteiger partial charge >= 0.3 is 0 Å². The van der Waals surface area contributed by atoms with Crippen LogP contribution in [0.4, 0.5) is 0 Å². The van der Waals surface area contributed by atoms with Crippen molar-refractivity contribution >= 4 is 33.1 Å². The third kappa shape index (κ3) is 11.9. The second-order valence-electron chi connectivity index (χ2n) is 3.55. The number of hydrogen-bond acceptors (Lipinski definition) is 3. The van der Waals surface area contributed by atoms with Crippen LogP contribution in [0, 0.1) is 0 Å². The minimum atomic E-state index is 0.880. The standard InChI is InChI=1S/C10H22N4S2/c1-9(11)3-7-15-16-8-4-10(12)14-6-5-13-2/h11,13H,3-8H2,1-2H3,(H2,12,14)/p+2. The van der Waals surface area contributed by atoms with Crippen molar-refractivity contribution in [1.29, 1.82) is 0 Å². The summed E-state index contributed by atoms with van der Waals surface area (Å²) in [7, 11) is 5.64. The van der Waals surface area contributed by atoms with Gasteiger partial charge in [-0.1, -0.05) is 21.6 Å².